The van der Waals surface area contributed by atoms with E-state index in [1.807, 2.05) is 112 Å². The van der Waals surface area contributed by atoms with Crippen molar-refractivity contribution in [3.05, 3.63) is 124 Å². The minimum atomic E-state index is -0.894. The van der Waals surface area contributed by atoms with Gasteiger partial charge in [0.05, 0.1) is 28.4 Å². The molecule has 1 fully saturated rings. The molecule has 0 aliphatic carbocycles. The van der Waals surface area contributed by atoms with E-state index in [9.17, 15) is 14.7 Å². The number of benzene rings is 4. The molecule has 1 aliphatic heterocycles. The van der Waals surface area contributed by atoms with Gasteiger partial charge < -0.3 is 14.6 Å². The highest BCUT2D eigenvalue weighted by Gasteiger charge is 2.48. The van der Waals surface area contributed by atoms with Crippen molar-refractivity contribution in [2.45, 2.75) is 33.4 Å². The molecule has 1 aromatic heterocycles. The fourth-order valence-corrected chi connectivity index (χ4v) is 6.24. The monoisotopic (exact) mass is 590 g/mol. The van der Waals surface area contributed by atoms with Gasteiger partial charge in [0.15, 0.2) is 5.13 Å². The van der Waals surface area contributed by atoms with Gasteiger partial charge in [0.2, 0.25) is 0 Å². The van der Waals surface area contributed by atoms with E-state index >= 15 is 0 Å². The number of aromatic nitrogens is 1. The van der Waals surface area contributed by atoms with Crippen LogP contribution in [-0.2, 0) is 16.2 Å². The number of carbonyl (C=O) groups is 2. The molecule has 1 N–H and O–H groups in total. The smallest absolute Gasteiger partial charge is 0.301 e. The van der Waals surface area contributed by atoms with Gasteiger partial charge in [0, 0.05) is 5.56 Å². The molecule has 0 spiro atoms. The van der Waals surface area contributed by atoms with Gasteiger partial charge in [-0.25, -0.2) is 4.98 Å². The van der Waals surface area contributed by atoms with Crippen molar-refractivity contribution < 1.29 is 24.2 Å². The number of ketones is 1. The largest absolute Gasteiger partial charge is 0.507 e. The second kappa shape index (κ2) is 11.7. The molecule has 0 bridgehead atoms. The van der Waals surface area contributed by atoms with Crippen LogP contribution in [0.25, 0.3) is 16.0 Å². The topological polar surface area (TPSA) is 89.0 Å². The van der Waals surface area contributed by atoms with Gasteiger partial charge in [-0.05, 0) is 73.9 Å². The number of Topliss-reactive ketones (excluding diaryl/α,β-unsaturated/α-hetero) is 1. The number of thiazole rings is 1. The zero-order valence-corrected chi connectivity index (χ0v) is 24.9. The third-order valence-electron chi connectivity index (χ3n) is 7.40. The first kappa shape index (κ1) is 28.2. The Kier molecular flexibility index (Phi) is 7.69. The van der Waals surface area contributed by atoms with Gasteiger partial charge in [0.1, 0.15) is 23.9 Å². The van der Waals surface area contributed by atoms with E-state index in [1.165, 1.54) is 16.2 Å². The summed E-state index contributed by atoms with van der Waals surface area (Å²) in [6, 6.07) is 27.4. The summed E-state index contributed by atoms with van der Waals surface area (Å²) in [5.74, 6) is -0.379. The molecule has 6 rings (SSSR count). The number of anilines is 1. The highest BCUT2D eigenvalue weighted by atomic mass is 32.1. The lowest BCUT2D eigenvalue weighted by Gasteiger charge is -2.23. The lowest BCUT2D eigenvalue weighted by molar-refractivity contribution is -0.132. The van der Waals surface area contributed by atoms with E-state index in [2.05, 4.69) is 0 Å². The molecule has 1 saturated heterocycles. The quantitative estimate of drug-likeness (QED) is 0.114. The number of nitrogens with zero attached hydrogens (tertiary/aromatic N) is 2. The van der Waals surface area contributed by atoms with Gasteiger partial charge in [-0.3, -0.25) is 14.5 Å². The molecule has 1 amide bonds. The first-order chi connectivity index (χ1) is 20.8. The van der Waals surface area contributed by atoms with Gasteiger partial charge in [-0.2, -0.15) is 0 Å². The van der Waals surface area contributed by atoms with Crippen LogP contribution >= 0.6 is 11.3 Å². The molecule has 216 valence electrons. The van der Waals surface area contributed by atoms with Crippen molar-refractivity contribution >= 4 is 44.1 Å². The van der Waals surface area contributed by atoms with Crippen LogP contribution in [0.4, 0.5) is 5.13 Å². The van der Waals surface area contributed by atoms with Gasteiger partial charge in [0.25, 0.3) is 5.78 Å². The zero-order chi connectivity index (χ0) is 30.1. The second-order valence-corrected chi connectivity index (χ2v) is 11.4. The van der Waals surface area contributed by atoms with Crippen molar-refractivity contribution in [1.29, 1.82) is 0 Å². The minimum Gasteiger partial charge on any atom is -0.507 e. The molecule has 0 saturated carbocycles. The summed E-state index contributed by atoms with van der Waals surface area (Å²) in [6.45, 7) is 6.62. The maximum Gasteiger partial charge on any atom is 0.301 e. The van der Waals surface area contributed by atoms with Crippen LogP contribution in [0.15, 0.2) is 96.6 Å². The highest BCUT2D eigenvalue weighted by Crippen LogP contribution is 2.45. The number of carbonyl (C=O) groups excluding carboxylic acids is 2. The molecule has 1 atom stereocenters. The summed E-state index contributed by atoms with van der Waals surface area (Å²) in [6.07, 6.45) is 0. The first-order valence-corrected chi connectivity index (χ1v) is 14.8. The maximum atomic E-state index is 13.7. The van der Waals surface area contributed by atoms with Crippen molar-refractivity contribution in [3.8, 4) is 11.5 Å². The molecule has 7 nitrogen and oxygen atoms in total. The van der Waals surface area contributed by atoms with Gasteiger partial charge in [-0.15, -0.1) is 0 Å². The first-order valence-electron chi connectivity index (χ1n) is 14.0. The average Bonchev–Trinajstić information content (AvgIpc) is 3.55. The van der Waals surface area contributed by atoms with Crippen molar-refractivity contribution in [2.75, 3.05) is 11.5 Å². The zero-order valence-electron chi connectivity index (χ0n) is 24.0. The van der Waals surface area contributed by atoms with Gasteiger partial charge in [-0.1, -0.05) is 71.5 Å². The standard InChI is InChI=1S/C35H30N2O5S/c1-4-41-26-16-17-28-29(19-26)43-35(36-28)37-31(24-12-14-25(15-13-24)42-20-23-8-6-5-7-9-23)30(33(39)34(37)40)32(38)27-18-21(2)10-11-22(27)3/h5-19,31,38H,4,20H2,1-3H3/b32-30+. The lowest BCUT2D eigenvalue weighted by atomic mass is 9.93. The molecule has 5 aromatic rings. The maximum absolute atomic E-state index is 13.7. The van der Waals surface area contributed by atoms with Crippen molar-refractivity contribution in [1.82, 2.24) is 4.98 Å². The van der Waals surface area contributed by atoms with E-state index in [-0.39, 0.29) is 11.3 Å². The van der Waals surface area contributed by atoms with Gasteiger partial charge >= 0.3 is 5.91 Å². The van der Waals surface area contributed by atoms with Crippen LogP contribution in [0.2, 0.25) is 0 Å². The molecular formula is C35H30N2O5S. The Labute approximate surface area is 253 Å². The van der Waals surface area contributed by atoms with Crippen LogP contribution in [0.3, 0.4) is 0 Å². The Morgan fingerprint density at radius 1 is 0.907 bits per heavy atom. The molecular weight excluding hydrogens is 560 g/mol. The van der Waals surface area contributed by atoms with Crippen LogP contribution < -0.4 is 14.4 Å². The summed E-state index contributed by atoms with van der Waals surface area (Å²) in [5, 5.41) is 12.0. The highest BCUT2D eigenvalue weighted by molar-refractivity contribution is 7.22. The number of aliphatic hydroxyl groups is 1. The number of rotatable bonds is 8. The number of ether oxygens (including phenoxy) is 2. The Morgan fingerprint density at radius 3 is 2.40 bits per heavy atom. The second-order valence-electron chi connectivity index (χ2n) is 10.4. The Morgan fingerprint density at radius 2 is 1.65 bits per heavy atom. The fourth-order valence-electron chi connectivity index (χ4n) is 5.22. The van der Waals surface area contributed by atoms with E-state index < -0.39 is 17.7 Å². The molecule has 1 unspecified atom stereocenters. The normalized spacial score (nSPS) is 16.2. The number of fused-ring (bicyclic) bond motifs is 1. The summed E-state index contributed by atoms with van der Waals surface area (Å²) >= 11 is 1.30. The lowest BCUT2D eigenvalue weighted by Crippen LogP contribution is -2.29. The summed E-state index contributed by atoms with van der Waals surface area (Å²) < 4.78 is 12.4. The molecule has 8 heteroatoms. The Hall–Kier alpha value is -4.95. The number of hydrogen-bond acceptors (Lipinski definition) is 7. The number of aliphatic hydroxyl groups excluding tert-OH is 1. The minimum absolute atomic E-state index is 0.0194. The SMILES string of the molecule is CCOc1ccc2nc(N3C(=O)C(=O)/C(=C(/O)c4cc(C)ccc4C)C3c3ccc(OCc4ccccc4)cc3)sc2c1. The summed E-state index contributed by atoms with van der Waals surface area (Å²) in [7, 11) is 0. The number of hydrogen-bond donors (Lipinski definition) is 1. The Balaban J connectivity index is 1.44. The third-order valence-corrected chi connectivity index (χ3v) is 8.42. The molecule has 4 aromatic carbocycles. The fraction of sp³-hybridized carbons (Fsp3) is 0.171. The predicted molar refractivity (Wildman–Crippen MR) is 169 cm³/mol. The average molecular weight is 591 g/mol. The third kappa shape index (κ3) is 5.49. The number of amides is 1. The van der Waals surface area contributed by atoms with Crippen LogP contribution in [0.1, 0.15) is 40.8 Å². The van der Waals surface area contributed by atoms with E-state index in [4.69, 9.17) is 14.5 Å². The molecule has 2 heterocycles. The summed E-state index contributed by atoms with van der Waals surface area (Å²) in [4.78, 5) is 33.5. The van der Waals surface area contributed by atoms with Crippen LogP contribution in [-0.4, -0.2) is 28.4 Å². The van der Waals surface area contributed by atoms with E-state index in [0.717, 1.165) is 21.4 Å². The van der Waals surface area contributed by atoms with Crippen LogP contribution in [0.5, 0.6) is 11.5 Å². The summed E-state index contributed by atoms with van der Waals surface area (Å²) in [5.41, 5.74) is 4.62. The molecule has 0 radical (unpaired) electrons. The predicted octanol–water partition coefficient (Wildman–Crippen LogP) is 7.52. The molecule has 1 aliphatic rings. The number of aryl methyl sites for hydroxylation is 2. The van der Waals surface area contributed by atoms with Crippen molar-refractivity contribution in [2.24, 2.45) is 0 Å². The van der Waals surface area contributed by atoms with Crippen molar-refractivity contribution in [3.63, 3.8) is 0 Å². The van der Waals surface area contributed by atoms with E-state index in [0.29, 0.717) is 46.5 Å². The Bertz CT molecular complexity index is 1860. The van der Waals surface area contributed by atoms with E-state index in [1.54, 1.807) is 0 Å². The molecule has 43 heavy (non-hydrogen) atoms. The van der Waals surface area contributed by atoms with Crippen LogP contribution in [0, 0.1) is 13.8 Å².